The summed E-state index contributed by atoms with van der Waals surface area (Å²) in [7, 11) is 0. The van der Waals surface area contributed by atoms with Crippen molar-refractivity contribution >= 4 is 0 Å². The first-order valence-corrected chi connectivity index (χ1v) is 4.90. The number of hydrogen-bond donors (Lipinski definition) is 1. The Labute approximate surface area is 93.3 Å². The van der Waals surface area contributed by atoms with Gasteiger partial charge in [-0.15, -0.1) is 0 Å². The van der Waals surface area contributed by atoms with Crippen molar-refractivity contribution in [2.45, 2.75) is 13.5 Å². The number of aromatic nitrogens is 3. The molecule has 0 aliphatic carbocycles. The van der Waals surface area contributed by atoms with Crippen molar-refractivity contribution in [3.05, 3.63) is 42.0 Å². The molecule has 2 aromatic rings. The minimum Gasteiger partial charge on any atom is -0.423 e. The number of rotatable bonds is 3. The zero-order valence-corrected chi connectivity index (χ0v) is 8.92. The van der Waals surface area contributed by atoms with Crippen LogP contribution in [0.15, 0.2) is 30.7 Å². The lowest BCUT2D eigenvalue weighted by molar-refractivity contribution is 0.437. The highest BCUT2D eigenvalue weighted by molar-refractivity contribution is 5.22. The maximum absolute atomic E-state index is 5.52. The van der Waals surface area contributed by atoms with Gasteiger partial charge in [-0.05, 0) is 19.1 Å². The molecule has 2 N–H and O–H groups in total. The van der Waals surface area contributed by atoms with Crippen LogP contribution in [0.2, 0.25) is 0 Å². The van der Waals surface area contributed by atoms with Crippen LogP contribution in [0.4, 0.5) is 0 Å². The molecule has 0 atom stereocenters. The molecular weight excluding hydrogens is 204 g/mol. The van der Waals surface area contributed by atoms with Gasteiger partial charge in [-0.1, -0.05) is 0 Å². The van der Waals surface area contributed by atoms with Gasteiger partial charge in [0.1, 0.15) is 5.75 Å². The molecular formula is C11H12N4O. The Hall–Kier alpha value is -2.01. The highest BCUT2D eigenvalue weighted by Gasteiger charge is 2.03. The molecule has 0 aliphatic heterocycles. The quantitative estimate of drug-likeness (QED) is 0.840. The fraction of sp³-hybridized carbons (Fsp3) is 0.182. The van der Waals surface area contributed by atoms with Crippen LogP contribution >= 0.6 is 0 Å². The fourth-order valence-corrected chi connectivity index (χ4v) is 1.23. The van der Waals surface area contributed by atoms with Crippen LogP contribution in [0, 0.1) is 6.92 Å². The first kappa shape index (κ1) is 10.5. The molecule has 0 saturated carbocycles. The SMILES string of the molecule is Cc1nc(Oc2cccnc2)ncc1CN. The van der Waals surface area contributed by atoms with Crippen molar-refractivity contribution in [3.63, 3.8) is 0 Å². The average molecular weight is 216 g/mol. The second-order valence-electron chi connectivity index (χ2n) is 3.26. The lowest BCUT2D eigenvalue weighted by atomic mass is 10.2. The van der Waals surface area contributed by atoms with E-state index in [9.17, 15) is 0 Å². The molecule has 0 unspecified atom stereocenters. The van der Waals surface area contributed by atoms with Gasteiger partial charge < -0.3 is 10.5 Å². The summed E-state index contributed by atoms with van der Waals surface area (Å²) in [6, 6.07) is 3.89. The molecule has 0 fully saturated rings. The maximum Gasteiger partial charge on any atom is 0.322 e. The third-order valence-corrected chi connectivity index (χ3v) is 2.12. The van der Waals surface area contributed by atoms with Gasteiger partial charge in [0, 0.05) is 30.2 Å². The summed E-state index contributed by atoms with van der Waals surface area (Å²) in [6.07, 6.45) is 4.96. The van der Waals surface area contributed by atoms with E-state index in [4.69, 9.17) is 10.5 Å². The normalized spacial score (nSPS) is 10.1. The first-order chi connectivity index (χ1) is 7.79. The fourth-order valence-electron chi connectivity index (χ4n) is 1.23. The van der Waals surface area contributed by atoms with Crippen molar-refractivity contribution in [2.24, 2.45) is 5.73 Å². The van der Waals surface area contributed by atoms with E-state index in [1.54, 1.807) is 30.7 Å². The molecule has 16 heavy (non-hydrogen) atoms. The van der Waals surface area contributed by atoms with Crippen LogP contribution in [-0.4, -0.2) is 15.0 Å². The van der Waals surface area contributed by atoms with E-state index in [2.05, 4.69) is 15.0 Å². The molecule has 82 valence electrons. The highest BCUT2D eigenvalue weighted by atomic mass is 16.5. The third kappa shape index (κ3) is 2.32. The van der Waals surface area contributed by atoms with Gasteiger partial charge in [-0.25, -0.2) is 4.98 Å². The van der Waals surface area contributed by atoms with Crippen LogP contribution in [0.25, 0.3) is 0 Å². The molecule has 5 heteroatoms. The summed E-state index contributed by atoms with van der Waals surface area (Å²) < 4.78 is 5.43. The number of pyridine rings is 1. The van der Waals surface area contributed by atoms with Crippen molar-refractivity contribution < 1.29 is 4.74 Å². The molecule has 0 spiro atoms. The Kier molecular flexibility index (Phi) is 3.07. The standard InChI is InChI=1S/C11H12N4O/c1-8-9(5-12)6-14-11(15-8)16-10-3-2-4-13-7-10/h2-4,6-7H,5,12H2,1H3. The van der Waals surface area contributed by atoms with Crippen LogP contribution in [0.1, 0.15) is 11.3 Å². The largest absolute Gasteiger partial charge is 0.423 e. The Balaban J connectivity index is 2.20. The van der Waals surface area contributed by atoms with Gasteiger partial charge in [-0.3, -0.25) is 4.98 Å². The maximum atomic E-state index is 5.52. The van der Waals surface area contributed by atoms with E-state index >= 15 is 0 Å². The van der Waals surface area contributed by atoms with Gasteiger partial charge in [0.25, 0.3) is 0 Å². The lowest BCUT2D eigenvalue weighted by Gasteiger charge is -2.05. The van der Waals surface area contributed by atoms with Crippen LogP contribution in [0.5, 0.6) is 11.8 Å². The zero-order valence-electron chi connectivity index (χ0n) is 8.92. The molecule has 5 nitrogen and oxygen atoms in total. The predicted octanol–water partition coefficient (Wildman–Crippen LogP) is 1.43. The van der Waals surface area contributed by atoms with E-state index in [1.165, 1.54) is 0 Å². The topological polar surface area (TPSA) is 73.9 Å². The van der Waals surface area contributed by atoms with Crippen molar-refractivity contribution in [2.75, 3.05) is 0 Å². The summed E-state index contributed by atoms with van der Waals surface area (Å²) >= 11 is 0. The van der Waals surface area contributed by atoms with Gasteiger partial charge >= 0.3 is 6.01 Å². The van der Waals surface area contributed by atoms with E-state index in [1.807, 2.05) is 6.92 Å². The molecule has 0 aromatic carbocycles. The minimum absolute atomic E-state index is 0.308. The van der Waals surface area contributed by atoms with Crippen LogP contribution in [-0.2, 0) is 6.54 Å². The first-order valence-electron chi connectivity index (χ1n) is 4.90. The van der Waals surface area contributed by atoms with E-state index in [0.717, 1.165) is 11.3 Å². The number of nitrogens with zero attached hydrogens (tertiary/aromatic N) is 3. The summed E-state index contributed by atoms with van der Waals surface area (Å²) in [5.41, 5.74) is 7.27. The molecule has 2 aromatic heterocycles. The van der Waals surface area contributed by atoms with Gasteiger partial charge in [0.05, 0.1) is 6.20 Å². The Morgan fingerprint density at radius 3 is 2.88 bits per heavy atom. The van der Waals surface area contributed by atoms with Crippen molar-refractivity contribution in [1.29, 1.82) is 0 Å². The zero-order chi connectivity index (χ0) is 11.4. The lowest BCUT2D eigenvalue weighted by Crippen LogP contribution is -2.03. The Bertz CT molecular complexity index is 473. The molecule has 0 aliphatic rings. The molecule has 2 heterocycles. The predicted molar refractivity (Wildman–Crippen MR) is 59.0 cm³/mol. The summed E-state index contributed by atoms with van der Waals surface area (Å²) in [5.74, 6) is 0.613. The molecule has 0 radical (unpaired) electrons. The van der Waals surface area contributed by atoms with Gasteiger partial charge in [-0.2, -0.15) is 4.98 Å². The monoisotopic (exact) mass is 216 g/mol. The molecule has 0 bridgehead atoms. The smallest absolute Gasteiger partial charge is 0.322 e. The van der Waals surface area contributed by atoms with E-state index in [0.29, 0.717) is 18.3 Å². The summed E-state index contributed by atoms with van der Waals surface area (Å²) in [6.45, 7) is 2.30. The van der Waals surface area contributed by atoms with E-state index < -0.39 is 0 Å². The number of aryl methyl sites for hydroxylation is 1. The highest BCUT2D eigenvalue weighted by Crippen LogP contribution is 2.16. The third-order valence-electron chi connectivity index (χ3n) is 2.12. The Morgan fingerprint density at radius 1 is 1.38 bits per heavy atom. The van der Waals surface area contributed by atoms with Gasteiger partial charge in [0.15, 0.2) is 0 Å². The minimum atomic E-state index is 0.308. The number of nitrogens with two attached hydrogens (primary N) is 1. The van der Waals surface area contributed by atoms with Crippen LogP contribution in [0.3, 0.4) is 0 Å². The summed E-state index contributed by atoms with van der Waals surface area (Å²) in [5, 5.41) is 0. The number of hydrogen-bond acceptors (Lipinski definition) is 5. The van der Waals surface area contributed by atoms with Crippen molar-refractivity contribution in [1.82, 2.24) is 15.0 Å². The van der Waals surface area contributed by atoms with Crippen LogP contribution < -0.4 is 10.5 Å². The van der Waals surface area contributed by atoms with Crippen molar-refractivity contribution in [3.8, 4) is 11.8 Å². The second kappa shape index (κ2) is 4.67. The molecule has 0 amide bonds. The summed E-state index contributed by atoms with van der Waals surface area (Å²) in [4.78, 5) is 12.2. The van der Waals surface area contributed by atoms with E-state index in [-0.39, 0.29) is 0 Å². The molecule has 2 rings (SSSR count). The average Bonchev–Trinajstić information content (AvgIpc) is 2.31. The Morgan fingerprint density at radius 2 is 2.25 bits per heavy atom. The second-order valence-corrected chi connectivity index (χ2v) is 3.26. The van der Waals surface area contributed by atoms with Gasteiger partial charge in [0.2, 0.25) is 0 Å². The number of ether oxygens (including phenoxy) is 1. The molecule has 0 saturated heterocycles.